The Morgan fingerprint density at radius 2 is 1.91 bits per heavy atom. The second-order valence-corrected chi connectivity index (χ2v) is 6.22. The van der Waals surface area contributed by atoms with Gasteiger partial charge in [-0.2, -0.15) is 21.6 Å². The Hall–Kier alpha value is -1.81. The van der Waals surface area contributed by atoms with E-state index in [1.807, 2.05) is 0 Å². The molecule has 0 spiro atoms. The van der Waals surface area contributed by atoms with Crippen LogP contribution in [0.3, 0.4) is 0 Å². The van der Waals surface area contributed by atoms with Gasteiger partial charge in [0.25, 0.3) is 10.1 Å². The molecule has 0 amide bonds. The Morgan fingerprint density at radius 3 is 2.36 bits per heavy atom. The Labute approximate surface area is 124 Å². The summed E-state index contributed by atoms with van der Waals surface area (Å²) >= 11 is 0. The van der Waals surface area contributed by atoms with Crippen LogP contribution in [0.15, 0.2) is 12.1 Å². The fourth-order valence-corrected chi connectivity index (χ4v) is 2.37. The van der Waals surface area contributed by atoms with Crippen LogP contribution >= 0.6 is 0 Å². The van der Waals surface area contributed by atoms with Crippen molar-refractivity contribution in [1.82, 2.24) is 0 Å². The maximum absolute atomic E-state index is 12.7. The third kappa shape index (κ3) is 4.88. The van der Waals surface area contributed by atoms with Gasteiger partial charge in [-0.1, -0.05) is 6.07 Å². The number of hydrogen-bond acceptors (Lipinski definition) is 5. The molecular weight excluding hydrogens is 327 g/mol. The minimum Gasteiger partial charge on any atom is -0.448 e. The molecule has 0 radical (unpaired) electrons. The standard InChI is InChI=1S/C12H14F3NO5S/c1-6-3-7(2)10(16)8(4-6)11(17)21-9(12(13,14)15)5-22(18,19)20/h3-4,9H,5,16H2,1-2H3,(H,18,19,20). The number of benzene rings is 1. The van der Waals surface area contributed by atoms with E-state index >= 15 is 0 Å². The molecule has 3 N–H and O–H groups in total. The van der Waals surface area contributed by atoms with Gasteiger partial charge in [0.2, 0.25) is 6.10 Å². The molecule has 1 rings (SSSR count). The summed E-state index contributed by atoms with van der Waals surface area (Å²) in [5, 5.41) is 0. The van der Waals surface area contributed by atoms with Crippen molar-refractivity contribution in [2.45, 2.75) is 26.1 Å². The number of ether oxygens (including phenoxy) is 1. The summed E-state index contributed by atoms with van der Waals surface area (Å²) in [6, 6.07) is 2.84. The molecule has 6 nitrogen and oxygen atoms in total. The van der Waals surface area contributed by atoms with Gasteiger partial charge in [-0.3, -0.25) is 4.55 Å². The van der Waals surface area contributed by atoms with Gasteiger partial charge in [-0.15, -0.1) is 0 Å². The lowest BCUT2D eigenvalue weighted by Crippen LogP contribution is -2.39. The molecule has 0 aliphatic heterocycles. The molecule has 22 heavy (non-hydrogen) atoms. The maximum atomic E-state index is 12.7. The maximum Gasteiger partial charge on any atom is 0.426 e. The van der Waals surface area contributed by atoms with Crippen LogP contribution in [-0.2, 0) is 14.9 Å². The van der Waals surface area contributed by atoms with Crippen LogP contribution in [0.2, 0.25) is 0 Å². The average Bonchev–Trinajstić information content (AvgIpc) is 2.29. The molecule has 1 aromatic carbocycles. The first-order valence-electron chi connectivity index (χ1n) is 5.91. The summed E-state index contributed by atoms with van der Waals surface area (Å²) in [6.45, 7) is 3.15. The number of carbonyl (C=O) groups is 1. The monoisotopic (exact) mass is 341 g/mol. The van der Waals surface area contributed by atoms with Gasteiger partial charge in [0.1, 0.15) is 5.75 Å². The molecule has 0 heterocycles. The van der Waals surface area contributed by atoms with Crippen LogP contribution < -0.4 is 5.73 Å². The Kier molecular flexibility index (Phi) is 5.08. The second kappa shape index (κ2) is 6.13. The number of rotatable bonds is 4. The van der Waals surface area contributed by atoms with Crippen molar-refractivity contribution >= 4 is 21.8 Å². The van der Waals surface area contributed by atoms with E-state index in [-0.39, 0.29) is 11.3 Å². The van der Waals surface area contributed by atoms with E-state index in [0.717, 1.165) is 0 Å². The minimum absolute atomic E-state index is 0.0663. The largest absolute Gasteiger partial charge is 0.448 e. The summed E-state index contributed by atoms with van der Waals surface area (Å²) in [6.07, 6.45) is -8.14. The lowest BCUT2D eigenvalue weighted by atomic mass is 10.0. The molecule has 1 unspecified atom stereocenters. The summed E-state index contributed by atoms with van der Waals surface area (Å²) < 4.78 is 72.1. The number of nitrogen functional groups attached to an aromatic ring is 1. The van der Waals surface area contributed by atoms with Crippen LogP contribution in [0, 0.1) is 13.8 Å². The van der Waals surface area contributed by atoms with Crippen molar-refractivity contribution < 1.29 is 35.7 Å². The number of aryl methyl sites for hydroxylation is 2. The topological polar surface area (TPSA) is 107 Å². The summed E-state index contributed by atoms with van der Waals surface area (Å²) in [4.78, 5) is 11.8. The van der Waals surface area contributed by atoms with Crippen molar-refractivity contribution in [3.05, 3.63) is 28.8 Å². The molecule has 0 bridgehead atoms. The molecule has 0 saturated heterocycles. The van der Waals surface area contributed by atoms with E-state index in [2.05, 4.69) is 4.74 Å². The zero-order chi connectivity index (χ0) is 17.3. The van der Waals surface area contributed by atoms with E-state index < -0.39 is 34.1 Å². The summed E-state index contributed by atoms with van der Waals surface area (Å²) in [7, 11) is -4.99. The number of anilines is 1. The van der Waals surface area contributed by atoms with E-state index in [1.165, 1.54) is 6.07 Å². The molecule has 0 fully saturated rings. The summed E-state index contributed by atoms with van der Waals surface area (Å²) in [5.74, 6) is -3.21. The van der Waals surface area contributed by atoms with E-state index in [4.69, 9.17) is 10.3 Å². The Balaban J connectivity index is 3.12. The SMILES string of the molecule is Cc1cc(C)c(N)c(C(=O)OC(CS(=O)(=O)O)C(F)(F)F)c1. The van der Waals surface area contributed by atoms with Gasteiger partial charge >= 0.3 is 12.1 Å². The lowest BCUT2D eigenvalue weighted by molar-refractivity contribution is -0.197. The van der Waals surface area contributed by atoms with E-state index in [1.54, 1.807) is 19.9 Å². The highest BCUT2D eigenvalue weighted by atomic mass is 32.2. The van der Waals surface area contributed by atoms with Gasteiger partial charge in [-0.05, 0) is 31.0 Å². The molecule has 10 heteroatoms. The highest BCUT2D eigenvalue weighted by Crippen LogP contribution is 2.27. The molecular formula is C12H14F3NO5S. The molecule has 124 valence electrons. The van der Waals surface area contributed by atoms with Gasteiger partial charge < -0.3 is 10.5 Å². The van der Waals surface area contributed by atoms with Crippen LogP contribution in [-0.4, -0.2) is 37.0 Å². The number of carbonyl (C=O) groups excluding carboxylic acids is 1. The van der Waals surface area contributed by atoms with Crippen molar-refractivity contribution in [2.75, 3.05) is 11.5 Å². The fourth-order valence-electron chi connectivity index (χ4n) is 1.73. The first-order chi connectivity index (χ1) is 9.81. The van der Waals surface area contributed by atoms with Gasteiger partial charge in [-0.25, -0.2) is 4.79 Å². The second-order valence-electron chi connectivity index (χ2n) is 4.73. The van der Waals surface area contributed by atoms with Crippen molar-refractivity contribution in [1.29, 1.82) is 0 Å². The summed E-state index contributed by atoms with van der Waals surface area (Å²) in [5.41, 5.74) is 6.27. The average molecular weight is 341 g/mol. The van der Waals surface area contributed by atoms with E-state index in [9.17, 15) is 26.4 Å². The zero-order valence-corrected chi connectivity index (χ0v) is 12.5. The smallest absolute Gasteiger partial charge is 0.426 e. The Bertz CT molecular complexity index is 685. The number of alkyl halides is 3. The normalized spacial score (nSPS) is 13.7. The van der Waals surface area contributed by atoms with Crippen LogP contribution in [0.25, 0.3) is 0 Å². The molecule has 0 saturated carbocycles. The number of nitrogens with two attached hydrogens (primary N) is 1. The number of esters is 1. The van der Waals surface area contributed by atoms with Gasteiger partial charge in [0.15, 0.2) is 0 Å². The van der Waals surface area contributed by atoms with Crippen molar-refractivity contribution in [2.24, 2.45) is 0 Å². The van der Waals surface area contributed by atoms with Crippen LogP contribution in [0.1, 0.15) is 21.5 Å². The quantitative estimate of drug-likeness (QED) is 0.492. The predicted molar refractivity (Wildman–Crippen MR) is 72.0 cm³/mol. The molecule has 0 aliphatic carbocycles. The van der Waals surface area contributed by atoms with Crippen molar-refractivity contribution in [3.63, 3.8) is 0 Å². The number of halogens is 3. The minimum atomic E-state index is -5.15. The van der Waals surface area contributed by atoms with Gasteiger partial charge in [0, 0.05) is 5.69 Å². The molecule has 0 aliphatic rings. The third-order valence-electron chi connectivity index (χ3n) is 2.73. The number of hydrogen-bond donors (Lipinski definition) is 2. The van der Waals surface area contributed by atoms with E-state index in [0.29, 0.717) is 11.1 Å². The fraction of sp³-hybridized carbons (Fsp3) is 0.417. The molecule has 1 atom stereocenters. The highest BCUT2D eigenvalue weighted by molar-refractivity contribution is 7.85. The predicted octanol–water partition coefficient (Wildman–Crippen LogP) is 1.86. The molecule has 0 aromatic heterocycles. The molecule has 1 aromatic rings. The first kappa shape index (κ1) is 18.2. The Morgan fingerprint density at radius 1 is 1.36 bits per heavy atom. The van der Waals surface area contributed by atoms with Crippen LogP contribution in [0.4, 0.5) is 18.9 Å². The first-order valence-corrected chi connectivity index (χ1v) is 7.51. The zero-order valence-electron chi connectivity index (χ0n) is 11.6. The van der Waals surface area contributed by atoms with Crippen LogP contribution in [0.5, 0.6) is 0 Å². The van der Waals surface area contributed by atoms with Crippen molar-refractivity contribution in [3.8, 4) is 0 Å². The lowest BCUT2D eigenvalue weighted by Gasteiger charge is -2.20. The van der Waals surface area contributed by atoms with Gasteiger partial charge in [0.05, 0.1) is 5.56 Å². The highest BCUT2D eigenvalue weighted by Gasteiger charge is 2.45. The third-order valence-corrected chi connectivity index (χ3v) is 3.45.